The highest BCUT2D eigenvalue weighted by Crippen LogP contribution is 2.27. The van der Waals surface area contributed by atoms with Crippen molar-refractivity contribution >= 4 is 5.78 Å². The van der Waals surface area contributed by atoms with Gasteiger partial charge in [0.1, 0.15) is 5.78 Å². The van der Waals surface area contributed by atoms with Gasteiger partial charge in [0.15, 0.2) is 0 Å². The van der Waals surface area contributed by atoms with Gasteiger partial charge in [0.25, 0.3) is 0 Å². The van der Waals surface area contributed by atoms with E-state index in [0.29, 0.717) is 5.78 Å². The van der Waals surface area contributed by atoms with E-state index in [1.165, 1.54) is 0 Å². The van der Waals surface area contributed by atoms with Crippen molar-refractivity contribution in [3.8, 4) is 0 Å². The van der Waals surface area contributed by atoms with Crippen LogP contribution in [0.1, 0.15) is 41.5 Å². The van der Waals surface area contributed by atoms with Gasteiger partial charge in [0.2, 0.25) is 0 Å². The Kier molecular flexibility index (Phi) is 3.28. The summed E-state index contributed by atoms with van der Waals surface area (Å²) in [5.74, 6) is 0.712. The van der Waals surface area contributed by atoms with Gasteiger partial charge in [-0.2, -0.15) is 0 Å². The van der Waals surface area contributed by atoms with Crippen LogP contribution in [0.3, 0.4) is 0 Å². The summed E-state index contributed by atoms with van der Waals surface area (Å²) in [5.41, 5.74) is 0.112. The molecule has 1 nitrogen and oxygen atoms in total. The van der Waals surface area contributed by atoms with E-state index in [-0.39, 0.29) is 17.3 Å². The van der Waals surface area contributed by atoms with E-state index in [1.807, 2.05) is 20.8 Å². The van der Waals surface area contributed by atoms with Crippen LogP contribution in [0.4, 0.5) is 0 Å². The molecule has 0 fully saturated rings. The van der Waals surface area contributed by atoms with Crippen molar-refractivity contribution < 1.29 is 4.79 Å². The zero-order chi connectivity index (χ0) is 9.23. The van der Waals surface area contributed by atoms with E-state index in [2.05, 4.69) is 20.8 Å². The smallest absolute Gasteiger partial charge is 0.138 e. The van der Waals surface area contributed by atoms with Gasteiger partial charge in [-0.1, -0.05) is 41.5 Å². The second-order valence-electron chi connectivity index (χ2n) is 4.64. The number of rotatable bonds is 2. The summed E-state index contributed by atoms with van der Waals surface area (Å²) < 4.78 is 0. The van der Waals surface area contributed by atoms with Crippen LogP contribution in [-0.2, 0) is 4.79 Å². The highest BCUT2D eigenvalue weighted by Gasteiger charge is 2.27. The van der Waals surface area contributed by atoms with Gasteiger partial charge in [0, 0.05) is 11.8 Å². The molecule has 0 rings (SSSR count). The van der Waals surface area contributed by atoms with E-state index in [9.17, 15) is 4.79 Å². The molecule has 0 heterocycles. The fourth-order valence-electron chi connectivity index (χ4n) is 0.927. The minimum absolute atomic E-state index is 0.112. The standard InChI is InChI=1S/C10H20O/c1-7(2)9(11)8(3)10(4,5)6/h7-8H,1-6H3. The molecule has 0 saturated heterocycles. The Balaban J connectivity index is 4.26. The van der Waals surface area contributed by atoms with Crippen molar-refractivity contribution in [2.45, 2.75) is 41.5 Å². The molecule has 0 aliphatic heterocycles. The van der Waals surface area contributed by atoms with E-state index in [1.54, 1.807) is 0 Å². The molecular formula is C10H20O. The third-order valence-corrected chi connectivity index (χ3v) is 2.29. The fraction of sp³-hybridized carbons (Fsp3) is 0.900. The Morgan fingerprint density at radius 3 is 1.55 bits per heavy atom. The zero-order valence-corrected chi connectivity index (χ0v) is 8.56. The molecule has 0 aromatic rings. The van der Waals surface area contributed by atoms with Crippen molar-refractivity contribution in [2.24, 2.45) is 17.3 Å². The third-order valence-electron chi connectivity index (χ3n) is 2.29. The Morgan fingerprint density at radius 2 is 1.45 bits per heavy atom. The molecule has 1 heteroatoms. The van der Waals surface area contributed by atoms with Gasteiger partial charge in [-0.15, -0.1) is 0 Å². The Labute approximate surface area is 70.2 Å². The second kappa shape index (κ2) is 3.38. The Hall–Kier alpha value is -0.330. The molecule has 0 amide bonds. The first kappa shape index (κ1) is 10.7. The molecule has 0 aromatic heterocycles. The Bertz CT molecular complexity index is 139. The highest BCUT2D eigenvalue weighted by molar-refractivity contribution is 5.83. The molecular weight excluding hydrogens is 136 g/mol. The van der Waals surface area contributed by atoms with Crippen molar-refractivity contribution in [1.29, 1.82) is 0 Å². The number of Topliss-reactive ketones (excluding diaryl/α,β-unsaturated/α-hetero) is 1. The Morgan fingerprint density at radius 1 is 1.09 bits per heavy atom. The highest BCUT2D eigenvalue weighted by atomic mass is 16.1. The lowest BCUT2D eigenvalue weighted by Crippen LogP contribution is -2.28. The minimum atomic E-state index is 0.112. The summed E-state index contributed by atoms with van der Waals surface area (Å²) in [7, 11) is 0. The maximum Gasteiger partial charge on any atom is 0.138 e. The SMILES string of the molecule is CC(C)C(=O)C(C)C(C)(C)C. The molecule has 1 atom stereocenters. The predicted molar refractivity (Wildman–Crippen MR) is 48.5 cm³/mol. The molecule has 0 aliphatic carbocycles. The number of ketones is 1. The monoisotopic (exact) mass is 156 g/mol. The summed E-state index contributed by atoms with van der Waals surface area (Å²) in [6.07, 6.45) is 0. The lowest BCUT2D eigenvalue weighted by molar-refractivity contribution is -0.128. The predicted octanol–water partition coefficient (Wildman–Crippen LogP) is 2.89. The maximum atomic E-state index is 11.5. The molecule has 0 aromatic carbocycles. The van der Waals surface area contributed by atoms with Gasteiger partial charge in [-0.25, -0.2) is 0 Å². The van der Waals surface area contributed by atoms with Gasteiger partial charge in [-0.05, 0) is 5.41 Å². The first-order valence-corrected chi connectivity index (χ1v) is 4.30. The van der Waals surface area contributed by atoms with Crippen LogP contribution in [0.25, 0.3) is 0 Å². The van der Waals surface area contributed by atoms with Gasteiger partial charge < -0.3 is 0 Å². The number of carbonyl (C=O) groups excluding carboxylic acids is 1. The van der Waals surface area contributed by atoms with E-state index >= 15 is 0 Å². The van der Waals surface area contributed by atoms with Crippen molar-refractivity contribution in [1.82, 2.24) is 0 Å². The molecule has 0 saturated carbocycles. The van der Waals surface area contributed by atoms with Gasteiger partial charge >= 0.3 is 0 Å². The first-order valence-electron chi connectivity index (χ1n) is 4.30. The molecule has 11 heavy (non-hydrogen) atoms. The molecule has 0 bridgehead atoms. The summed E-state index contributed by atoms with van der Waals surface area (Å²) >= 11 is 0. The van der Waals surface area contributed by atoms with E-state index in [0.717, 1.165) is 0 Å². The van der Waals surface area contributed by atoms with Crippen LogP contribution in [0.2, 0.25) is 0 Å². The molecule has 0 spiro atoms. The summed E-state index contributed by atoms with van der Waals surface area (Å²) in [6.45, 7) is 12.3. The maximum absolute atomic E-state index is 11.5. The number of hydrogen-bond donors (Lipinski definition) is 0. The van der Waals surface area contributed by atoms with E-state index < -0.39 is 0 Å². The van der Waals surface area contributed by atoms with Crippen molar-refractivity contribution in [3.63, 3.8) is 0 Å². The van der Waals surface area contributed by atoms with E-state index in [4.69, 9.17) is 0 Å². The van der Waals surface area contributed by atoms with Crippen molar-refractivity contribution in [2.75, 3.05) is 0 Å². The molecule has 1 unspecified atom stereocenters. The summed E-state index contributed by atoms with van der Waals surface area (Å²) in [6, 6.07) is 0. The largest absolute Gasteiger partial charge is 0.299 e. The average Bonchev–Trinajstić information content (AvgIpc) is 1.82. The molecule has 0 aliphatic rings. The molecule has 0 N–H and O–H groups in total. The van der Waals surface area contributed by atoms with Crippen LogP contribution >= 0.6 is 0 Å². The first-order chi connectivity index (χ1) is 4.76. The number of hydrogen-bond acceptors (Lipinski definition) is 1. The molecule has 66 valence electrons. The van der Waals surface area contributed by atoms with Gasteiger partial charge in [0.05, 0.1) is 0 Å². The zero-order valence-electron chi connectivity index (χ0n) is 8.56. The van der Waals surface area contributed by atoms with Gasteiger partial charge in [-0.3, -0.25) is 4.79 Å². The fourth-order valence-corrected chi connectivity index (χ4v) is 0.927. The normalized spacial score (nSPS) is 15.2. The second-order valence-corrected chi connectivity index (χ2v) is 4.64. The van der Waals surface area contributed by atoms with Crippen LogP contribution in [0, 0.1) is 17.3 Å². The quantitative estimate of drug-likeness (QED) is 0.601. The van der Waals surface area contributed by atoms with Crippen molar-refractivity contribution in [3.05, 3.63) is 0 Å². The van der Waals surface area contributed by atoms with Crippen LogP contribution in [0.15, 0.2) is 0 Å². The lowest BCUT2D eigenvalue weighted by Gasteiger charge is -2.27. The number of carbonyl (C=O) groups is 1. The lowest BCUT2D eigenvalue weighted by atomic mass is 9.77. The summed E-state index contributed by atoms with van der Waals surface area (Å²) in [5, 5.41) is 0. The average molecular weight is 156 g/mol. The third kappa shape index (κ3) is 3.04. The van der Waals surface area contributed by atoms with Crippen LogP contribution in [-0.4, -0.2) is 5.78 Å². The van der Waals surface area contributed by atoms with Crippen LogP contribution < -0.4 is 0 Å². The van der Waals surface area contributed by atoms with Crippen LogP contribution in [0.5, 0.6) is 0 Å². The topological polar surface area (TPSA) is 17.1 Å². The minimum Gasteiger partial charge on any atom is -0.299 e. The molecule has 0 radical (unpaired) electrons. The summed E-state index contributed by atoms with van der Waals surface area (Å²) in [4.78, 5) is 11.5.